The molecule has 4 rings (SSSR count). The fourth-order valence-electron chi connectivity index (χ4n) is 2.75. The monoisotopic (exact) mass is 326 g/mol. The number of nitrogens with zero attached hydrogens (tertiary/aromatic N) is 4. The summed E-state index contributed by atoms with van der Waals surface area (Å²) in [5, 5.41) is 12.7. The van der Waals surface area contributed by atoms with Crippen molar-refractivity contribution in [1.29, 1.82) is 0 Å². The van der Waals surface area contributed by atoms with E-state index in [-0.39, 0.29) is 0 Å². The highest BCUT2D eigenvalue weighted by molar-refractivity contribution is 5.59. The normalized spacial score (nSPS) is 13.2. The molecule has 7 nitrogen and oxygen atoms in total. The summed E-state index contributed by atoms with van der Waals surface area (Å²) in [4.78, 5) is 0. The number of aryl methyl sites for hydroxylation is 4. The van der Waals surface area contributed by atoms with E-state index in [9.17, 15) is 0 Å². The van der Waals surface area contributed by atoms with Gasteiger partial charge in [0.25, 0.3) is 0 Å². The molecule has 2 aromatic heterocycles. The summed E-state index contributed by atoms with van der Waals surface area (Å²) < 4.78 is 18.8. The molecule has 7 heteroatoms. The van der Waals surface area contributed by atoms with Crippen molar-refractivity contribution in [3.05, 3.63) is 41.5 Å². The fourth-order valence-corrected chi connectivity index (χ4v) is 2.75. The van der Waals surface area contributed by atoms with E-state index in [0.717, 1.165) is 22.7 Å². The first-order chi connectivity index (χ1) is 11.7. The van der Waals surface area contributed by atoms with E-state index in [1.165, 1.54) is 0 Å². The fraction of sp³-hybridized carbons (Fsp3) is 0.353. The molecule has 0 saturated heterocycles. The quantitative estimate of drug-likeness (QED) is 0.733. The van der Waals surface area contributed by atoms with Crippen molar-refractivity contribution in [2.45, 2.75) is 26.8 Å². The molecule has 1 aliphatic rings. The topological polar surface area (TPSA) is 75.2 Å². The molecule has 0 saturated carbocycles. The van der Waals surface area contributed by atoms with Crippen LogP contribution >= 0.6 is 0 Å². The SMILES string of the molecule is Cc1cc(C)n(CCc2nnc(-c3ccc4c(c3)OCCO4)o2)n1. The Balaban J connectivity index is 1.49. The van der Waals surface area contributed by atoms with Crippen LogP contribution in [0.3, 0.4) is 0 Å². The first-order valence-corrected chi connectivity index (χ1v) is 7.92. The maximum atomic E-state index is 5.77. The van der Waals surface area contributed by atoms with Gasteiger partial charge in [-0.3, -0.25) is 4.68 Å². The van der Waals surface area contributed by atoms with Gasteiger partial charge in [-0.15, -0.1) is 10.2 Å². The zero-order chi connectivity index (χ0) is 16.5. The molecular weight excluding hydrogens is 308 g/mol. The first kappa shape index (κ1) is 14.7. The molecule has 1 aromatic carbocycles. The van der Waals surface area contributed by atoms with Crippen molar-refractivity contribution in [2.24, 2.45) is 0 Å². The van der Waals surface area contributed by atoms with Gasteiger partial charge in [-0.1, -0.05) is 0 Å². The second kappa shape index (κ2) is 5.99. The van der Waals surface area contributed by atoms with Gasteiger partial charge in [0, 0.05) is 24.2 Å². The second-order valence-electron chi connectivity index (χ2n) is 5.76. The number of ether oxygens (including phenoxy) is 2. The molecule has 0 radical (unpaired) electrons. The Morgan fingerprint density at radius 1 is 1.04 bits per heavy atom. The molecule has 0 N–H and O–H groups in total. The zero-order valence-corrected chi connectivity index (χ0v) is 13.7. The molecule has 0 bridgehead atoms. The van der Waals surface area contributed by atoms with Crippen LogP contribution in [0.4, 0.5) is 0 Å². The number of benzene rings is 1. The van der Waals surface area contributed by atoms with Crippen molar-refractivity contribution in [3.63, 3.8) is 0 Å². The summed E-state index contributed by atoms with van der Waals surface area (Å²) in [6.45, 7) is 5.85. The van der Waals surface area contributed by atoms with E-state index in [1.54, 1.807) is 0 Å². The van der Waals surface area contributed by atoms with Gasteiger partial charge in [-0.05, 0) is 38.1 Å². The highest BCUT2D eigenvalue weighted by Crippen LogP contribution is 2.34. The Bertz CT molecular complexity index is 869. The van der Waals surface area contributed by atoms with Gasteiger partial charge in [0.1, 0.15) is 13.2 Å². The highest BCUT2D eigenvalue weighted by atomic mass is 16.6. The van der Waals surface area contributed by atoms with Gasteiger partial charge >= 0.3 is 0 Å². The predicted molar refractivity (Wildman–Crippen MR) is 86.1 cm³/mol. The van der Waals surface area contributed by atoms with E-state index in [0.29, 0.717) is 43.7 Å². The minimum absolute atomic E-state index is 0.482. The molecule has 0 fully saturated rings. The second-order valence-corrected chi connectivity index (χ2v) is 5.76. The van der Waals surface area contributed by atoms with Crippen LogP contribution in [-0.2, 0) is 13.0 Å². The van der Waals surface area contributed by atoms with Crippen LogP contribution in [0.2, 0.25) is 0 Å². The molecule has 0 unspecified atom stereocenters. The average Bonchev–Trinajstić information content (AvgIpc) is 3.18. The highest BCUT2D eigenvalue weighted by Gasteiger charge is 2.15. The summed E-state index contributed by atoms with van der Waals surface area (Å²) >= 11 is 0. The minimum atomic E-state index is 0.482. The van der Waals surface area contributed by atoms with Crippen LogP contribution in [0.25, 0.3) is 11.5 Å². The molecule has 24 heavy (non-hydrogen) atoms. The molecule has 3 aromatic rings. The van der Waals surface area contributed by atoms with E-state index < -0.39 is 0 Å². The van der Waals surface area contributed by atoms with Crippen molar-refractivity contribution in [2.75, 3.05) is 13.2 Å². The van der Waals surface area contributed by atoms with Crippen molar-refractivity contribution in [1.82, 2.24) is 20.0 Å². The molecule has 3 heterocycles. The lowest BCUT2D eigenvalue weighted by Crippen LogP contribution is -2.15. The first-order valence-electron chi connectivity index (χ1n) is 7.92. The minimum Gasteiger partial charge on any atom is -0.486 e. The van der Waals surface area contributed by atoms with E-state index >= 15 is 0 Å². The Labute approximate surface area is 139 Å². The Morgan fingerprint density at radius 3 is 2.67 bits per heavy atom. The van der Waals surface area contributed by atoms with Crippen LogP contribution in [0.5, 0.6) is 11.5 Å². The molecule has 0 spiro atoms. The zero-order valence-electron chi connectivity index (χ0n) is 13.7. The van der Waals surface area contributed by atoms with Gasteiger partial charge in [-0.25, -0.2) is 0 Å². The van der Waals surface area contributed by atoms with E-state index in [2.05, 4.69) is 21.4 Å². The van der Waals surface area contributed by atoms with E-state index in [1.807, 2.05) is 36.7 Å². The Hall–Kier alpha value is -2.83. The van der Waals surface area contributed by atoms with Crippen molar-refractivity contribution < 1.29 is 13.9 Å². The lowest BCUT2D eigenvalue weighted by Gasteiger charge is -2.18. The van der Waals surface area contributed by atoms with Gasteiger partial charge in [-0.2, -0.15) is 5.10 Å². The lowest BCUT2D eigenvalue weighted by molar-refractivity contribution is 0.171. The average molecular weight is 326 g/mol. The van der Waals surface area contributed by atoms with Gasteiger partial charge in [0.2, 0.25) is 11.8 Å². The van der Waals surface area contributed by atoms with Crippen LogP contribution in [0.1, 0.15) is 17.3 Å². The maximum Gasteiger partial charge on any atom is 0.247 e. The van der Waals surface area contributed by atoms with Crippen LogP contribution < -0.4 is 9.47 Å². The standard InChI is InChI=1S/C17H18N4O3/c1-11-9-12(2)21(20-11)6-5-16-18-19-17(24-16)13-3-4-14-15(10-13)23-8-7-22-14/h3-4,9-10H,5-8H2,1-2H3. The van der Waals surface area contributed by atoms with Crippen LogP contribution in [0, 0.1) is 13.8 Å². The Morgan fingerprint density at radius 2 is 1.88 bits per heavy atom. The van der Waals surface area contributed by atoms with Gasteiger partial charge in [0.05, 0.1) is 5.69 Å². The summed E-state index contributed by atoms with van der Waals surface area (Å²) in [6, 6.07) is 7.68. The van der Waals surface area contributed by atoms with Crippen LogP contribution in [0.15, 0.2) is 28.7 Å². The number of fused-ring (bicyclic) bond motifs is 1. The number of hydrogen-bond acceptors (Lipinski definition) is 6. The Kier molecular flexibility index (Phi) is 3.68. The molecular formula is C17H18N4O3. The molecule has 124 valence electrons. The maximum absolute atomic E-state index is 5.77. The van der Waals surface area contributed by atoms with Gasteiger partial charge < -0.3 is 13.9 Å². The molecule has 1 aliphatic heterocycles. The third kappa shape index (κ3) is 2.84. The third-order valence-corrected chi connectivity index (χ3v) is 3.90. The third-order valence-electron chi connectivity index (χ3n) is 3.90. The summed E-state index contributed by atoms with van der Waals surface area (Å²) in [6.07, 6.45) is 0.638. The number of rotatable bonds is 4. The largest absolute Gasteiger partial charge is 0.486 e. The lowest BCUT2D eigenvalue weighted by atomic mass is 10.2. The van der Waals surface area contributed by atoms with Crippen LogP contribution in [-0.4, -0.2) is 33.2 Å². The molecule has 0 amide bonds. The number of hydrogen-bond donors (Lipinski definition) is 0. The molecule has 0 atom stereocenters. The summed E-state index contributed by atoms with van der Waals surface area (Å²) in [5.74, 6) is 2.53. The summed E-state index contributed by atoms with van der Waals surface area (Å²) in [5.41, 5.74) is 2.96. The summed E-state index contributed by atoms with van der Waals surface area (Å²) in [7, 11) is 0. The van der Waals surface area contributed by atoms with Crippen molar-refractivity contribution >= 4 is 0 Å². The van der Waals surface area contributed by atoms with E-state index in [4.69, 9.17) is 13.9 Å². The predicted octanol–water partition coefficient (Wildman–Crippen LogP) is 2.56. The van der Waals surface area contributed by atoms with Gasteiger partial charge in [0.15, 0.2) is 11.5 Å². The smallest absolute Gasteiger partial charge is 0.247 e. The van der Waals surface area contributed by atoms with Crippen molar-refractivity contribution in [3.8, 4) is 23.0 Å². The molecule has 0 aliphatic carbocycles. The number of aromatic nitrogens is 4.